The Morgan fingerprint density at radius 2 is 1.23 bits per heavy atom. The van der Waals surface area contributed by atoms with Gasteiger partial charge in [0.15, 0.2) is 0 Å². The number of hydrogen-bond donors (Lipinski definition) is 0. The van der Waals surface area contributed by atoms with Crippen molar-refractivity contribution in [2.45, 2.75) is 20.7 Å². The minimum absolute atomic E-state index is 0.692. The van der Waals surface area contributed by atoms with Crippen molar-refractivity contribution < 1.29 is 4.74 Å². The summed E-state index contributed by atoms with van der Waals surface area (Å²) >= 11 is 9.79. The molecule has 0 rings (SSSR count). The van der Waals surface area contributed by atoms with Crippen molar-refractivity contribution in [2.75, 3.05) is 22.1 Å². The molecule has 0 aliphatic heterocycles. The second-order valence-electron chi connectivity index (χ2n) is 2.69. The molecule has 0 aliphatic rings. The highest BCUT2D eigenvalue weighted by Crippen LogP contribution is 2.12. The van der Waals surface area contributed by atoms with Crippen LogP contribution in [0.25, 0.3) is 0 Å². The van der Waals surface area contributed by atoms with Crippen LogP contribution in [-0.4, -0.2) is 29.9 Å². The largest absolute Gasteiger partial charge is 0.379 e. The second kappa shape index (κ2) is 11.4. The third kappa shape index (κ3) is 11.1. The van der Waals surface area contributed by atoms with Crippen molar-refractivity contribution in [3.05, 3.63) is 0 Å². The van der Waals surface area contributed by atoms with Crippen LogP contribution in [0.3, 0.4) is 0 Å². The third-order valence-corrected chi connectivity index (χ3v) is 4.65. The topological polar surface area (TPSA) is 9.23 Å². The Balaban J connectivity index is 3.23. The summed E-state index contributed by atoms with van der Waals surface area (Å²) in [5, 5.41) is 0. The zero-order valence-corrected chi connectivity index (χ0v) is 15.9. The summed E-state index contributed by atoms with van der Waals surface area (Å²) in [6.07, 6.45) is 2.53. The van der Waals surface area contributed by atoms with Gasteiger partial charge in [0.1, 0.15) is 0 Å². The van der Waals surface area contributed by atoms with Gasteiger partial charge in [0.05, 0.1) is 13.2 Å². The molecule has 2 atom stereocenters. The van der Waals surface area contributed by atoms with E-state index in [0.29, 0.717) is 7.85 Å². The number of alkyl halides is 4. The van der Waals surface area contributed by atoms with Crippen molar-refractivity contribution in [1.29, 1.82) is 0 Å². The average molecular weight is 634 g/mol. The van der Waals surface area contributed by atoms with Crippen molar-refractivity contribution in [2.24, 2.45) is 0 Å². The van der Waals surface area contributed by atoms with Gasteiger partial charge in [0, 0.05) is 16.7 Å². The molecule has 0 aliphatic carbocycles. The highest BCUT2D eigenvalue weighted by atomic mass is 127. The van der Waals surface area contributed by atoms with E-state index in [2.05, 4.69) is 90.4 Å². The molecule has 0 amide bonds. The maximum Gasteiger partial charge on any atom is 0.0584 e. The molecule has 0 spiro atoms. The fraction of sp³-hybridized carbons (Fsp3) is 1.00. The molecule has 0 radical (unpaired) electrons. The number of rotatable bonds is 8. The summed E-state index contributed by atoms with van der Waals surface area (Å²) in [5.41, 5.74) is 0. The van der Waals surface area contributed by atoms with Crippen LogP contribution >= 0.6 is 90.4 Å². The third-order valence-electron chi connectivity index (χ3n) is 1.44. The Hall–Kier alpha value is 2.88. The lowest BCUT2D eigenvalue weighted by atomic mass is 10.3. The van der Waals surface area contributed by atoms with Gasteiger partial charge in [-0.2, -0.15) is 0 Å². The first-order chi connectivity index (χ1) is 6.20. The van der Waals surface area contributed by atoms with Gasteiger partial charge >= 0.3 is 0 Å². The van der Waals surface area contributed by atoms with E-state index in [1.165, 1.54) is 21.7 Å². The maximum atomic E-state index is 5.64. The van der Waals surface area contributed by atoms with Crippen molar-refractivity contribution in [3.8, 4) is 0 Å². The van der Waals surface area contributed by atoms with Gasteiger partial charge < -0.3 is 4.74 Å². The van der Waals surface area contributed by atoms with Crippen LogP contribution in [0.5, 0.6) is 0 Å². The summed E-state index contributed by atoms with van der Waals surface area (Å²) in [6, 6.07) is 0. The lowest BCUT2D eigenvalue weighted by Crippen LogP contribution is -2.15. The molecule has 2 unspecified atom stereocenters. The normalized spacial score (nSPS) is 15.7. The average Bonchev–Trinajstić information content (AvgIpc) is 2.05. The highest BCUT2D eigenvalue weighted by molar-refractivity contribution is 14.1. The van der Waals surface area contributed by atoms with Crippen molar-refractivity contribution in [3.63, 3.8) is 0 Å². The second-order valence-corrected chi connectivity index (χ2v) is 8.37. The van der Waals surface area contributed by atoms with Crippen LogP contribution < -0.4 is 0 Å². The standard InChI is InChI=1S/C8H14I4O/c9-3-1-7(11)5-13-6-8(12)2-4-10/h7-8H,1-6H2. The molecule has 13 heavy (non-hydrogen) atoms. The van der Waals surface area contributed by atoms with Gasteiger partial charge in [-0.3, -0.25) is 0 Å². The molecule has 5 heteroatoms. The molecule has 80 valence electrons. The van der Waals surface area contributed by atoms with E-state index in [9.17, 15) is 0 Å². The number of ether oxygens (including phenoxy) is 1. The molecule has 0 heterocycles. The van der Waals surface area contributed by atoms with E-state index < -0.39 is 0 Å². The molecular weight excluding hydrogens is 620 g/mol. The van der Waals surface area contributed by atoms with E-state index in [1.807, 2.05) is 0 Å². The molecular formula is C8H14I4O. The summed E-state index contributed by atoms with van der Waals surface area (Å²) in [6.45, 7) is 1.84. The fourth-order valence-electron chi connectivity index (χ4n) is 0.727. The first kappa shape index (κ1) is 15.9. The Morgan fingerprint density at radius 1 is 0.846 bits per heavy atom. The van der Waals surface area contributed by atoms with Gasteiger partial charge in [-0.15, -0.1) is 0 Å². The van der Waals surface area contributed by atoms with Crippen LogP contribution in [0, 0.1) is 0 Å². The summed E-state index contributed by atoms with van der Waals surface area (Å²) in [5.74, 6) is 0. The number of hydrogen-bond acceptors (Lipinski definition) is 1. The van der Waals surface area contributed by atoms with Crippen LogP contribution in [0.1, 0.15) is 12.8 Å². The number of halogens is 4. The quantitative estimate of drug-likeness (QED) is 0.287. The van der Waals surface area contributed by atoms with Gasteiger partial charge in [0.25, 0.3) is 0 Å². The van der Waals surface area contributed by atoms with Crippen molar-refractivity contribution >= 4 is 90.4 Å². The lowest BCUT2D eigenvalue weighted by molar-refractivity contribution is 0.140. The Labute approximate surface area is 135 Å². The molecule has 0 saturated carbocycles. The monoisotopic (exact) mass is 634 g/mol. The van der Waals surface area contributed by atoms with Gasteiger partial charge in [-0.05, 0) is 12.8 Å². The minimum atomic E-state index is 0.692. The summed E-state index contributed by atoms with van der Waals surface area (Å²) in [4.78, 5) is 0. The SMILES string of the molecule is ICCC(I)COCC(I)CCI. The predicted molar refractivity (Wildman–Crippen MR) is 93.4 cm³/mol. The summed E-state index contributed by atoms with van der Waals surface area (Å²) in [7, 11) is 0. The molecule has 0 bridgehead atoms. The fourth-order valence-corrected chi connectivity index (χ4v) is 5.75. The van der Waals surface area contributed by atoms with E-state index in [4.69, 9.17) is 4.74 Å². The van der Waals surface area contributed by atoms with E-state index in [-0.39, 0.29) is 0 Å². The van der Waals surface area contributed by atoms with E-state index in [1.54, 1.807) is 0 Å². The van der Waals surface area contributed by atoms with Crippen molar-refractivity contribution in [1.82, 2.24) is 0 Å². The zero-order chi connectivity index (χ0) is 10.1. The van der Waals surface area contributed by atoms with Crippen LogP contribution in [0.4, 0.5) is 0 Å². The first-order valence-electron chi connectivity index (χ1n) is 4.18. The molecule has 0 aromatic heterocycles. The molecule has 0 saturated heterocycles. The maximum absolute atomic E-state index is 5.64. The Bertz CT molecular complexity index is 100. The van der Waals surface area contributed by atoms with Crippen LogP contribution in [0.2, 0.25) is 0 Å². The molecule has 1 nitrogen and oxygen atoms in total. The molecule has 0 fully saturated rings. The van der Waals surface area contributed by atoms with Crippen LogP contribution in [-0.2, 0) is 4.74 Å². The zero-order valence-electron chi connectivity index (χ0n) is 7.32. The smallest absolute Gasteiger partial charge is 0.0584 e. The molecule has 0 N–H and O–H groups in total. The van der Waals surface area contributed by atoms with E-state index in [0.717, 1.165) is 13.2 Å². The predicted octanol–water partition coefficient (Wildman–Crippen LogP) is 4.26. The Kier molecular flexibility index (Phi) is 13.9. The lowest BCUT2D eigenvalue weighted by Gasteiger charge is -2.11. The van der Waals surface area contributed by atoms with E-state index >= 15 is 0 Å². The summed E-state index contributed by atoms with van der Waals surface area (Å²) < 4.78 is 9.49. The minimum Gasteiger partial charge on any atom is -0.379 e. The molecule has 0 aromatic carbocycles. The van der Waals surface area contributed by atoms with Gasteiger partial charge in [-0.1, -0.05) is 90.4 Å². The van der Waals surface area contributed by atoms with Crippen LogP contribution in [0.15, 0.2) is 0 Å². The highest BCUT2D eigenvalue weighted by Gasteiger charge is 2.06. The van der Waals surface area contributed by atoms with Gasteiger partial charge in [0.2, 0.25) is 0 Å². The Morgan fingerprint density at radius 3 is 1.54 bits per heavy atom. The first-order valence-corrected chi connectivity index (χ1v) is 9.72. The molecule has 0 aromatic rings. The van der Waals surface area contributed by atoms with Gasteiger partial charge in [-0.25, -0.2) is 0 Å².